The maximum absolute atomic E-state index is 6.83. The van der Waals surface area contributed by atoms with Gasteiger partial charge in [0.2, 0.25) is 0 Å². The van der Waals surface area contributed by atoms with Crippen molar-refractivity contribution in [3.05, 3.63) is 253 Å². The van der Waals surface area contributed by atoms with Crippen LogP contribution in [0.5, 0.6) is 11.5 Å². The molecule has 9 aromatic carbocycles. The Bertz CT molecular complexity index is 3270. The Kier molecular flexibility index (Phi) is 8.39. The fraction of sp³-hybridized carbons (Fsp3) is 0.0169. The summed E-state index contributed by atoms with van der Waals surface area (Å²) in [6.45, 7) is 0. The van der Waals surface area contributed by atoms with Gasteiger partial charge >= 0.3 is 0 Å². The zero-order valence-electron chi connectivity index (χ0n) is 33.7. The van der Waals surface area contributed by atoms with Crippen molar-refractivity contribution in [2.75, 3.05) is 0 Å². The first-order valence-corrected chi connectivity index (χ1v) is 21.1. The van der Waals surface area contributed by atoms with Crippen LogP contribution in [-0.4, -0.2) is 9.97 Å². The van der Waals surface area contributed by atoms with Crippen LogP contribution in [0, 0.1) is 0 Å². The SMILES string of the molecule is c1ccc(-c2ccc(-c3cc(-c4ccccc4)nc(-c4cccc(-c5cccc(-c6ccc7c(c6)Oc6ccccc6C76c7ccccc7-c7ccccc76)c5)c4)n3)cc2)cc1. The van der Waals surface area contributed by atoms with Crippen LogP contribution in [0.15, 0.2) is 231 Å². The van der Waals surface area contributed by atoms with E-state index in [1.807, 2.05) is 12.1 Å². The normalized spacial score (nSPS) is 12.8. The molecule has 0 fully saturated rings. The molecule has 3 nitrogen and oxygen atoms in total. The molecule has 2 heterocycles. The lowest BCUT2D eigenvalue weighted by molar-refractivity contribution is 0.436. The number of para-hydroxylation sites is 1. The molecule has 0 bridgehead atoms. The van der Waals surface area contributed by atoms with Crippen LogP contribution in [-0.2, 0) is 5.41 Å². The number of hydrogen-bond donors (Lipinski definition) is 0. The Labute approximate surface area is 361 Å². The summed E-state index contributed by atoms with van der Waals surface area (Å²) in [5, 5.41) is 0. The number of ether oxygens (including phenoxy) is 1. The molecule has 0 amide bonds. The molecule has 1 aliphatic heterocycles. The number of fused-ring (bicyclic) bond motifs is 9. The molecule has 3 heteroatoms. The van der Waals surface area contributed by atoms with Gasteiger partial charge in [-0.2, -0.15) is 0 Å². The van der Waals surface area contributed by atoms with Crippen molar-refractivity contribution in [3.8, 4) is 89.9 Å². The summed E-state index contributed by atoms with van der Waals surface area (Å²) >= 11 is 0. The summed E-state index contributed by atoms with van der Waals surface area (Å²) in [4.78, 5) is 10.3. The van der Waals surface area contributed by atoms with Crippen molar-refractivity contribution in [3.63, 3.8) is 0 Å². The van der Waals surface area contributed by atoms with Gasteiger partial charge in [-0.1, -0.05) is 200 Å². The molecule has 12 rings (SSSR count). The second-order valence-electron chi connectivity index (χ2n) is 16.1. The Morgan fingerprint density at radius 2 is 0.694 bits per heavy atom. The first-order chi connectivity index (χ1) is 30.7. The molecule has 0 radical (unpaired) electrons. The average Bonchev–Trinajstić information content (AvgIpc) is 3.65. The Hall–Kier alpha value is -8.14. The second-order valence-corrected chi connectivity index (χ2v) is 16.1. The molecule has 290 valence electrons. The maximum Gasteiger partial charge on any atom is 0.160 e. The molecule has 1 aromatic heterocycles. The Morgan fingerprint density at radius 1 is 0.274 bits per heavy atom. The van der Waals surface area contributed by atoms with E-state index < -0.39 is 5.41 Å². The van der Waals surface area contributed by atoms with E-state index in [0.717, 1.165) is 67.4 Å². The molecule has 2 aliphatic rings. The van der Waals surface area contributed by atoms with Crippen LogP contribution in [0.25, 0.3) is 78.4 Å². The van der Waals surface area contributed by atoms with E-state index >= 15 is 0 Å². The number of nitrogens with zero attached hydrogens (tertiary/aromatic N) is 2. The molecule has 0 saturated carbocycles. The maximum atomic E-state index is 6.83. The summed E-state index contributed by atoms with van der Waals surface area (Å²) in [7, 11) is 0. The average molecular weight is 791 g/mol. The van der Waals surface area contributed by atoms with Crippen LogP contribution < -0.4 is 4.74 Å². The minimum absolute atomic E-state index is 0.483. The van der Waals surface area contributed by atoms with Gasteiger partial charge in [-0.05, 0) is 86.0 Å². The second kappa shape index (κ2) is 14.5. The zero-order chi connectivity index (χ0) is 41.0. The monoisotopic (exact) mass is 790 g/mol. The predicted octanol–water partition coefficient (Wildman–Crippen LogP) is 14.9. The highest BCUT2D eigenvalue weighted by molar-refractivity contribution is 5.89. The van der Waals surface area contributed by atoms with Crippen molar-refractivity contribution in [1.29, 1.82) is 0 Å². The quantitative estimate of drug-likeness (QED) is 0.168. The van der Waals surface area contributed by atoms with E-state index in [1.165, 1.54) is 38.9 Å². The third kappa shape index (κ3) is 5.82. The van der Waals surface area contributed by atoms with E-state index in [1.54, 1.807) is 0 Å². The molecule has 10 aromatic rings. The minimum atomic E-state index is -0.483. The smallest absolute Gasteiger partial charge is 0.160 e. The van der Waals surface area contributed by atoms with Gasteiger partial charge < -0.3 is 4.74 Å². The molecule has 62 heavy (non-hydrogen) atoms. The van der Waals surface area contributed by atoms with E-state index in [-0.39, 0.29) is 0 Å². The first kappa shape index (κ1) is 35.8. The van der Waals surface area contributed by atoms with Gasteiger partial charge in [-0.15, -0.1) is 0 Å². The molecule has 1 aliphatic carbocycles. The van der Waals surface area contributed by atoms with Crippen LogP contribution in [0.3, 0.4) is 0 Å². The van der Waals surface area contributed by atoms with Crippen LogP contribution >= 0.6 is 0 Å². The molecular weight excluding hydrogens is 753 g/mol. The van der Waals surface area contributed by atoms with Crippen molar-refractivity contribution < 1.29 is 4.74 Å². The van der Waals surface area contributed by atoms with E-state index in [0.29, 0.717) is 5.82 Å². The van der Waals surface area contributed by atoms with Crippen molar-refractivity contribution in [2.24, 2.45) is 0 Å². The van der Waals surface area contributed by atoms with Crippen molar-refractivity contribution in [1.82, 2.24) is 9.97 Å². The number of hydrogen-bond acceptors (Lipinski definition) is 3. The molecule has 0 saturated heterocycles. The predicted molar refractivity (Wildman–Crippen MR) is 252 cm³/mol. The number of benzene rings is 9. The van der Waals surface area contributed by atoms with Gasteiger partial charge in [0.15, 0.2) is 5.82 Å². The summed E-state index contributed by atoms with van der Waals surface area (Å²) in [6, 6.07) is 81.9. The standard InChI is InChI=1S/C59H38N2O/c1-3-15-39(16-4-1)40-29-31-42(32-30-40)55-38-54(41-17-5-2-6-18-41)60-58(61-55)47-22-14-21-45(36-47)43-19-13-20-44(35-43)46-33-34-53-57(37-46)62-56-28-12-11-27-52(56)59(53)50-25-9-7-23-48(50)49-24-8-10-26-51(49)59/h1-38H. The fourth-order valence-corrected chi connectivity index (χ4v) is 9.70. The lowest BCUT2D eigenvalue weighted by Crippen LogP contribution is -2.32. The van der Waals surface area contributed by atoms with E-state index in [2.05, 4.69) is 218 Å². The topological polar surface area (TPSA) is 35.0 Å². The fourth-order valence-electron chi connectivity index (χ4n) is 9.70. The van der Waals surface area contributed by atoms with Crippen LogP contribution in [0.4, 0.5) is 0 Å². The minimum Gasteiger partial charge on any atom is -0.457 e. The third-order valence-corrected chi connectivity index (χ3v) is 12.6. The Morgan fingerprint density at radius 3 is 1.34 bits per heavy atom. The largest absolute Gasteiger partial charge is 0.457 e. The van der Waals surface area contributed by atoms with Gasteiger partial charge in [-0.3, -0.25) is 0 Å². The number of rotatable bonds is 6. The van der Waals surface area contributed by atoms with E-state index in [9.17, 15) is 0 Å². The summed E-state index contributed by atoms with van der Waals surface area (Å²) < 4.78 is 6.83. The summed E-state index contributed by atoms with van der Waals surface area (Å²) in [6.07, 6.45) is 0. The van der Waals surface area contributed by atoms with Crippen LogP contribution in [0.1, 0.15) is 22.3 Å². The van der Waals surface area contributed by atoms with Gasteiger partial charge in [-0.25, -0.2) is 9.97 Å². The highest BCUT2D eigenvalue weighted by Gasteiger charge is 2.50. The van der Waals surface area contributed by atoms with Crippen LogP contribution in [0.2, 0.25) is 0 Å². The molecule has 1 spiro atoms. The Balaban J connectivity index is 0.924. The van der Waals surface area contributed by atoms with Gasteiger partial charge in [0.1, 0.15) is 11.5 Å². The lowest BCUT2D eigenvalue weighted by Gasteiger charge is -2.39. The van der Waals surface area contributed by atoms with Gasteiger partial charge in [0.25, 0.3) is 0 Å². The first-order valence-electron chi connectivity index (χ1n) is 21.1. The molecule has 0 atom stereocenters. The molecule has 0 N–H and O–H groups in total. The summed E-state index contributed by atoms with van der Waals surface area (Å²) in [5.41, 5.74) is 18.6. The highest BCUT2D eigenvalue weighted by atomic mass is 16.5. The number of aromatic nitrogens is 2. The highest BCUT2D eigenvalue weighted by Crippen LogP contribution is 2.62. The zero-order valence-corrected chi connectivity index (χ0v) is 33.7. The molecule has 0 unspecified atom stereocenters. The van der Waals surface area contributed by atoms with Gasteiger partial charge in [0, 0.05) is 27.8 Å². The van der Waals surface area contributed by atoms with Crippen molar-refractivity contribution >= 4 is 0 Å². The van der Waals surface area contributed by atoms with E-state index in [4.69, 9.17) is 14.7 Å². The van der Waals surface area contributed by atoms with Crippen molar-refractivity contribution in [2.45, 2.75) is 5.41 Å². The molecular formula is C59H38N2O. The lowest BCUT2D eigenvalue weighted by atomic mass is 9.66. The van der Waals surface area contributed by atoms with Gasteiger partial charge in [0.05, 0.1) is 16.8 Å². The third-order valence-electron chi connectivity index (χ3n) is 12.6. The summed E-state index contributed by atoms with van der Waals surface area (Å²) in [5.74, 6) is 2.45.